The highest BCUT2D eigenvalue weighted by Crippen LogP contribution is 2.37. The summed E-state index contributed by atoms with van der Waals surface area (Å²) in [7, 11) is 2.99. The van der Waals surface area contributed by atoms with Crippen molar-refractivity contribution in [2.75, 3.05) is 19.5 Å². The maximum absolute atomic E-state index is 9.92. The molecule has 0 spiro atoms. The normalized spacial score (nSPS) is 10.5. The van der Waals surface area contributed by atoms with Crippen molar-refractivity contribution in [3.63, 3.8) is 0 Å². The minimum atomic E-state index is -0.0159. The van der Waals surface area contributed by atoms with Gasteiger partial charge in [0.1, 0.15) is 11.3 Å². The lowest BCUT2D eigenvalue weighted by atomic mass is 10.2. The van der Waals surface area contributed by atoms with Crippen LogP contribution in [0.25, 0.3) is 11.2 Å². The number of anilines is 1. The molecule has 23 heavy (non-hydrogen) atoms. The summed E-state index contributed by atoms with van der Waals surface area (Å²) in [5, 5.41) is 13.1. The molecule has 0 amide bonds. The highest BCUT2D eigenvalue weighted by Gasteiger charge is 2.11. The average molecular weight is 312 g/mol. The van der Waals surface area contributed by atoms with Crippen LogP contribution in [-0.4, -0.2) is 34.3 Å². The van der Waals surface area contributed by atoms with Crippen LogP contribution in [0.1, 0.15) is 5.56 Å². The van der Waals surface area contributed by atoms with Gasteiger partial charge in [0, 0.05) is 18.9 Å². The molecule has 0 saturated heterocycles. The van der Waals surface area contributed by atoms with Gasteiger partial charge in [-0.25, -0.2) is 9.97 Å². The first kappa shape index (κ1) is 14.8. The molecule has 7 heteroatoms. The number of benzene rings is 1. The lowest BCUT2D eigenvalue weighted by Gasteiger charge is -2.12. The lowest BCUT2D eigenvalue weighted by Crippen LogP contribution is -2.03. The minimum absolute atomic E-state index is 0.0159. The summed E-state index contributed by atoms with van der Waals surface area (Å²) < 4.78 is 10.3. The van der Waals surface area contributed by atoms with Gasteiger partial charge in [0.05, 0.1) is 14.2 Å². The Bertz CT molecular complexity index is 813. The predicted molar refractivity (Wildman–Crippen MR) is 85.9 cm³/mol. The number of nitrogens with zero attached hydrogens (tertiary/aromatic N) is 3. The van der Waals surface area contributed by atoms with Crippen LogP contribution in [0.3, 0.4) is 0 Å². The molecule has 2 heterocycles. The van der Waals surface area contributed by atoms with Gasteiger partial charge >= 0.3 is 0 Å². The molecule has 3 aromatic rings. The first-order valence-corrected chi connectivity index (χ1v) is 6.97. The number of pyridine rings is 1. The molecule has 0 unspecified atom stereocenters. The Hall–Kier alpha value is -3.09. The second-order valence-corrected chi connectivity index (χ2v) is 4.80. The van der Waals surface area contributed by atoms with Crippen LogP contribution in [0.4, 0.5) is 5.82 Å². The number of nitrogens with one attached hydrogen (secondary N) is 1. The number of fused-ring (bicyclic) bond motifs is 1. The van der Waals surface area contributed by atoms with Gasteiger partial charge in [0.2, 0.25) is 5.75 Å². The van der Waals surface area contributed by atoms with E-state index in [9.17, 15) is 5.11 Å². The second-order valence-electron chi connectivity index (χ2n) is 4.80. The number of hydrogen-bond acceptors (Lipinski definition) is 7. The molecule has 0 atom stereocenters. The molecule has 0 bridgehead atoms. The van der Waals surface area contributed by atoms with Crippen molar-refractivity contribution < 1.29 is 14.6 Å². The molecular weight excluding hydrogens is 296 g/mol. The predicted octanol–water partition coefficient (Wildman–Crippen LogP) is 2.36. The Balaban J connectivity index is 1.81. The van der Waals surface area contributed by atoms with Crippen molar-refractivity contribution >= 4 is 17.0 Å². The summed E-state index contributed by atoms with van der Waals surface area (Å²) in [5.41, 5.74) is 2.21. The molecule has 0 fully saturated rings. The van der Waals surface area contributed by atoms with E-state index >= 15 is 0 Å². The van der Waals surface area contributed by atoms with Gasteiger partial charge in [-0.1, -0.05) is 0 Å². The standard InChI is InChI=1S/C16H16N4O3/c1-22-12-7-10(8-13(23-2)15(12)21)9-19-14-4-3-11-16(20-14)18-6-5-17-11/h3-8,21H,9H2,1-2H3,(H,18,19,20). The molecule has 1 aromatic carbocycles. The Labute approximate surface area is 132 Å². The van der Waals surface area contributed by atoms with E-state index in [0.29, 0.717) is 29.5 Å². The number of aromatic hydroxyl groups is 1. The molecule has 3 rings (SSSR count). The Morgan fingerprint density at radius 1 is 1.04 bits per heavy atom. The van der Waals surface area contributed by atoms with Crippen molar-refractivity contribution in [2.45, 2.75) is 6.54 Å². The molecule has 0 aliphatic heterocycles. The van der Waals surface area contributed by atoms with E-state index in [2.05, 4.69) is 20.3 Å². The molecule has 118 valence electrons. The largest absolute Gasteiger partial charge is 0.502 e. The highest BCUT2D eigenvalue weighted by atomic mass is 16.5. The zero-order chi connectivity index (χ0) is 16.2. The summed E-state index contributed by atoms with van der Waals surface area (Å²) in [6, 6.07) is 7.18. The summed E-state index contributed by atoms with van der Waals surface area (Å²) in [5.74, 6) is 1.39. The van der Waals surface area contributed by atoms with Gasteiger partial charge in [0.15, 0.2) is 17.1 Å². The van der Waals surface area contributed by atoms with Crippen LogP contribution in [0.15, 0.2) is 36.7 Å². The molecule has 0 radical (unpaired) electrons. The molecule has 2 aromatic heterocycles. The Morgan fingerprint density at radius 2 is 1.74 bits per heavy atom. The van der Waals surface area contributed by atoms with Crippen LogP contribution >= 0.6 is 0 Å². The van der Waals surface area contributed by atoms with Crippen molar-refractivity contribution in [1.29, 1.82) is 0 Å². The third-order valence-corrected chi connectivity index (χ3v) is 3.34. The highest BCUT2D eigenvalue weighted by molar-refractivity contribution is 5.71. The fourth-order valence-corrected chi connectivity index (χ4v) is 2.20. The molecule has 7 nitrogen and oxygen atoms in total. The number of rotatable bonds is 5. The van der Waals surface area contributed by atoms with Gasteiger partial charge in [-0.2, -0.15) is 0 Å². The van der Waals surface area contributed by atoms with E-state index in [1.807, 2.05) is 12.1 Å². The van der Waals surface area contributed by atoms with Crippen LogP contribution in [0, 0.1) is 0 Å². The molecule has 0 saturated carbocycles. The van der Waals surface area contributed by atoms with Crippen LogP contribution in [-0.2, 0) is 6.54 Å². The minimum Gasteiger partial charge on any atom is -0.502 e. The van der Waals surface area contributed by atoms with E-state index in [0.717, 1.165) is 11.1 Å². The average Bonchev–Trinajstić information content (AvgIpc) is 2.60. The van der Waals surface area contributed by atoms with Crippen LogP contribution < -0.4 is 14.8 Å². The lowest BCUT2D eigenvalue weighted by molar-refractivity contribution is 0.339. The fourth-order valence-electron chi connectivity index (χ4n) is 2.20. The number of phenolic OH excluding ortho intramolecular Hbond substituents is 1. The van der Waals surface area contributed by atoms with Gasteiger partial charge in [0.25, 0.3) is 0 Å². The molecule has 0 aliphatic carbocycles. The summed E-state index contributed by atoms with van der Waals surface area (Å²) in [6.45, 7) is 0.492. The van der Waals surface area contributed by atoms with E-state index < -0.39 is 0 Å². The van der Waals surface area contributed by atoms with Crippen molar-refractivity contribution in [1.82, 2.24) is 15.0 Å². The molecular formula is C16H16N4O3. The number of methoxy groups -OCH3 is 2. The number of phenols is 1. The second kappa shape index (κ2) is 6.35. The van der Waals surface area contributed by atoms with E-state index in [1.54, 1.807) is 24.5 Å². The fraction of sp³-hybridized carbons (Fsp3) is 0.188. The van der Waals surface area contributed by atoms with Crippen molar-refractivity contribution in [3.05, 3.63) is 42.2 Å². The van der Waals surface area contributed by atoms with Crippen LogP contribution in [0.2, 0.25) is 0 Å². The zero-order valence-corrected chi connectivity index (χ0v) is 12.8. The molecule has 2 N–H and O–H groups in total. The molecule has 0 aliphatic rings. The third-order valence-electron chi connectivity index (χ3n) is 3.34. The smallest absolute Gasteiger partial charge is 0.200 e. The first-order valence-electron chi connectivity index (χ1n) is 6.97. The van der Waals surface area contributed by atoms with E-state index in [-0.39, 0.29) is 5.75 Å². The summed E-state index contributed by atoms with van der Waals surface area (Å²) >= 11 is 0. The van der Waals surface area contributed by atoms with Gasteiger partial charge in [-0.05, 0) is 29.8 Å². The summed E-state index contributed by atoms with van der Waals surface area (Å²) in [4.78, 5) is 12.8. The third kappa shape index (κ3) is 3.08. The Morgan fingerprint density at radius 3 is 2.43 bits per heavy atom. The maximum Gasteiger partial charge on any atom is 0.200 e. The van der Waals surface area contributed by atoms with E-state index in [4.69, 9.17) is 9.47 Å². The van der Waals surface area contributed by atoms with Gasteiger partial charge in [-0.15, -0.1) is 0 Å². The number of hydrogen-bond donors (Lipinski definition) is 2. The SMILES string of the molecule is COc1cc(CNc2ccc3nccnc3n2)cc(OC)c1O. The topological polar surface area (TPSA) is 89.4 Å². The number of aromatic nitrogens is 3. The van der Waals surface area contributed by atoms with Gasteiger partial charge in [-0.3, -0.25) is 4.98 Å². The van der Waals surface area contributed by atoms with Gasteiger partial charge < -0.3 is 19.9 Å². The van der Waals surface area contributed by atoms with E-state index in [1.165, 1.54) is 14.2 Å². The maximum atomic E-state index is 9.92. The quantitative estimate of drug-likeness (QED) is 0.747. The van der Waals surface area contributed by atoms with Crippen molar-refractivity contribution in [3.8, 4) is 17.2 Å². The zero-order valence-electron chi connectivity index (χ0n) is 12.8. The summed E-state index contributed by atoms with van der Waals surface area (Å²) in [6.07, 6.45) is 3.24. The first-order chi connectivity index (χ1) is 11.2. The van der Waals surface area contributed by atoms with Crippen molar-refractivity contribution in [2.24, 2.45) is 0 Å². The monoisotopic (exact) mass is 312 g/mol. The Kier molecular flexibility index (Phi) is 4.09. The number of ether oxygens (including phenoxy) is 2. The van der Waals surface area contributed by atoms with Crippen LogP contribution in [0.5, 0.6) is 17.2 Å².